The Hall–Kier alpha value is -2.38. The number of nitrogens with one attached hydrogen (secondary N) is 1. The van der Waals surface area contributed by atoms with Crippen molar-refractivity contribution in [3.8, 4) is 5.75 Å². The van der Waals surface area contributed by atoms with Gasteiger partial charge in [0.25, 0.3) is 0 Å². The summed E-state index contributed by atoms with van der Waals surface area (Å²) in [6.45, 7) is 1.95. The summed E-state index contributed by atoms with van der Waals surface area (Å²) in [6.07, 6.45) is 0.986. The number of nitro benzene ring substituents is 1. The lowest BCUT2D eigenvalue weighted by atomic mass is 10.1. The lowest BCUT2D eigenvalue weighted by Crippen LogP contribution is -2.12. The molecule has 0 fully saturated rings. The number of halogens is 1. The maximum atomic E-state index is 13.7. The van der Waals surface area contributed by atoms with Crippen molar-refractivity contribution in [2.45, 2.75) is 19.8 Å². The number of hydrogen-bond donors (Lipinski definition) is 2. The molecule has 0 aliphatic carbocycles. The first-order valence-corrected chi connectivity index (χ1v) is 6.35. The van der Waals surface area contributed by atoms with Crippen molar-refractivity contribution >= 4 is 17.3 Å². The van der Waals surface area contributed by atoms with Crippen molar-refractivity contribution in [3.05, 3.63) is 28.1 Å². The zero-order valence-corrected chi connectivity index (χ0v) is 11.8. The van der Waals surface area contributed by atoms with E-state index in [0.717, 1.165) is 6.07 Å². The molecule has 0 spiro atoms. The molecule has 0 aliphatic rings. The summed E-state index contributed by atoms with van der Waals surface area (Å²) in [5.41, 5.74) is -0.361. The van der Waals surface area contributed by atoms with E-state index in [1.165, 1.54) is 13.2 Å². The number of aliphatic carboxylic acids is 1. The molecule has 0 amide bonds. The highest BCUT2D eigenvalue weighted by molar-refractivity contribution is 5.69. The second-order valence-corrected chi connectivity index (χ2v) is 4.57. The first-order valence-electron chi connectivity index (χ1n) is 6.35. The van der Waals surface area contributed by atoms with Crippen LogP contribution >= 0.6 is 0 Å². The van der Waals surface area contributed by atoms with Crippen molar-refractivity contribution in [2.24, 2.45) is 5.92 Å². The van der Waals surface area contributed by atoms with Gasteiger partial charge in [0, 0.05) is 12.6 Å². The number of hydrogen-bond acceptors (Lipinski definition) is 5. The van der Waals surface area contributed by atoms with E-state index in [0.29, 0.717) is 19.4 Å². The van der Waals surface area contributed by atoms with Crippen LogP contribution in [-0.2, 0) is 4.79 Å². The summed E-state index contributed by atoms with van der Waals surface area (Å²) in [6, 6.07) is 2.01. The van der Waals surface area contributed by atoms with Crippen LogP contribution in [0.1, 0.15) is 19.8 Å². The van der Waals surface area contributed by atoms with Gasteiger partial charge in [-0.15, -0.1) is 0 Å². The minimum Gasteiger partial charge on any atom is -0.490 e. The van der Waals surface area contributed by atoms with Crippen LogP contribution in [0, 0.1) is 21.8 Å². The standard InChI is InChI=1S/C13H17FN2O5/c1-8(13(17)18)4-3-5-15-10-7-12(21-2)11(16(19)20)6-9(10)14/h6-8,15H,3-5H2,1-2H3,(H,17,18). The van der Waals surface area contributed by atoms with Crippen molar-refractivity contribution in [3.63, 3.8) is 0 Å². The Morgan fingerprint density at radius 2 is 2.24 bits per heavy atom. The van der Waals surface area contributed by atoms with Gasteiger partial charge in [-0.1, -0.05) is 6.92 Å². The Morgan fingerprint density at radius 1 is 1.57 bits per heavy atom. The van der Waals surface area contributed by atoms with Gasteiger partial charge in [-0.2, -0.15) is 0 Å². The Labute approximate surface area is 120 Å². The van der Waals surface area contributed by atoms with Gasteiger partial charge >= 0.3 is 11.7 Å². The third kappa shape index (κ3) is 4.59. The fourth-order valence-electron chi connectivity index (χ4n) is 1.74. The zero-order valence-electron chi connectivity index (χ0n) is 11.8. The molecule has 8 heteroatoms. The van der Waals surface area contributed by atoms with Gasteiger partial charge < -0.3 is 15.2 Å². The van der Waals surface area contributed by atoms with E-state index in [1.54, 1.807) is 6.92 Å². The number of carbonyl (C=O) groups is 1. The topological polar surface area (TPSA) is 102 Å². The molecular weight excluding hydrogens is 283 g/mol. The minimum atomic E-state index is -0.877. The van der Waals surface area contributed by atoms with Gasteiger partial charge in [0.1, 0.15) is 0 Å². The smallest absolute Gasteiger partial charge is 0.313 e. The molecule has 0 saturated heterocycles. The Morgan fingerprint density at radius 3 is 2.76 bits per heavy atom. The van der Waals surface area contributed by atoms with Gasteiger partial charge in [0.05, 0.1) is 29.7 Å². The number of benzene rings is 1. The van der Waals surface area contributed by atoms with Crippen LogP contribution in [0.3, 0.4) is 0 Å². The monoisotopic (exact) mass is 300 g/mol. The largest absolute Gasteiger partial charge is 0.490 e. The van der Waals surface area contributed by atoms with Gasteiger partial charge in [-0.25, -0.2) is 4.39 Å². The summed E-state index contributed by atoms with van der Waals surface area (Å²) in [4.78, 5) is 20.6. The van der Waals surface area contributed by atoms with Crippen molar-refractivity contribution < 1.29 is 24.0 Å². The average Bonchev–Trinajstić information content (AvgIpc) is 2.43. The maximum Gasteiger partial charge on any atom is 0.313 e. The highest BCUT2D eigenvalue weighted by Gasteiger charge is 2.19. The molecule has 7 nitrogen and oxygen atoms in total. The molecule has 1 atom stereocenters. The van der Waals surface area contributed by atoms with Crippen LogP contribution in [-0.4, -0.2) is 29.7 Å². The lowest BCUT2D eigenvalue weighted by Gasteiger charge is -2.10. The zero-order chi connectivity index (χ0) is 16.0. The van der Waals surface area contributed by atoms with Crippen LogP contribution in [0.15, 0.2) is 12.1 Å². The normalized spacial score (nSPS) is 11.8. The molecule has 21 heavy (non-hydrogen) atoms. The molecular formula is C13H17FN2O5. The Balaban J connectivity index is 2.67. The third-order valence-corrected chi connectivity index (χ3v) is 3.02. The van der Waals surface area contributed by atoms with E-state index in [9.17, 15) is 19.3 Å². The van der Waals surface area contributed by atoms with E-state index in [1.807, 2.05) is 0 Å². The summed E-state index contributed by atoms with van der Waals surface area (Å²) in [7, 11) is 1.26. The minimum absolute atomic E-state index is 0.0391. The van der Waals surface area contributed by atoms with Gasteiger partial charge in [0.2, 0.25) is 0 Å². The van der Waals surface area contributed by atoms with Gasteiger partial charge in [0.15, 0.2) is 11.6 Å². The summed E-state index contributed by atoms with van der Waals surface area (Å²) in [5, 5.41) is 22.2. The molecule has 0 aliphatic heterocycles. The van der Waals surface area contributed by atoms with Crippen LogP contribution in [0.5, 0.6) is 5.75 Å². The predicted molar refractivity (Wildman–Crippen MR) is 74.1 cm³/mol. The second-order valence-electron chi connectivity index (χ2n) is 4.57. The SMILES string of the molecule is COc1cc(NCCCC(C)C(=O)O)c(F)cc1[N+](=O)[O-]. The Bertz CT molecular complexity index is 536. The van der Waals surface area contributed by atoms with Crippen molar-refractivity contribution in [1.29, 1.82) is 0 Å². The molecule has 0 bridgehead atoms. The molecule has 116 valence electrons. The number of nitrogens with zero attached hydrogens (tertiary/aromatic N) is 1. The molecule has 1 rings (SSSR count). The number of methoxy groups -OCH3 is 1. The van der Waals surface area contributed by atoms with Crippen molar-refractivity contribution in [2.75, 3.05) is 19.0 Å². The van der Waals surface area contributed by atoms with E-state index >= 15 is 0 Å². The van der Waals surface area contributed by atoms with Gasteiger partial charge in [-0.3, -0.25) is 14.9 Å². The number of carboxylic acids is 1. The molecule has 1 aromatic rings. The summed E-state index contributed by atoms with van der Waals surface area (Å²) in [5.74, 6) is -2.14. The third-order valence-electron chi connectivity index (χ3n) is 3.02. The number of rotatable bonds is 8. The molecule has 1 unspecified atom stereocenters. The Kier molecular flexibility index (Phi) is 5.89. The van der Waals surface area contributed by atoms with E-state index in [4.69, 9.17) is 9.84 Å². The number of ether oxygens (including phenoxy) is 1. The van der Waals surface area contributed by atoms with Crippen LogP contribution in [0.2, 0.25) is 0 Å². The van der Waals surface area contributed by atoms with Crippen LogP contribution in [0.25, 0.3) is 0 Å². The molecule has 1 aromatic carbocycles. The number of nitro groups is 1. The summed E-state index contributed by atoms with van der Waals surface area (Å²) >= 11 is 0. The van der Waals surface area contributed by atoms with Crippen LogP contribution < -0.4 is 10.1 Å². The second kappa shape index (κ2) is 7.41. The lowest BCUT2D eigenvalue weighted by molar-refractivity contribution is -0.385. The van der Waals surface area contributed by atoms with E-state index < -0.39 is 28.3 Å². The number of anilines is 1. The van der Waals surface area contributed by atoms with Gasteiger partial charge in [-0.05, 0) is 12.8 Å². The van der Waals surface area contributed by atoms with E-state index in [-0.39, 0.29) is 11.4 Å². The fourth-order valence-corrected chi connectivity index (χ4v) is 1.74. The highest BCUT2D eigenvalue weighted by Crippen LogP contribution is 2.32. The van der Waals surface area contributed by atoms with Crippen molar-refractivity contribution in [1.82, 2.24) is 0 Å². The van der Waals surface area contributed by atoms with Crippen LogP contribution in [0.4, 0.5) is 15.8 Å². The first kappa shape index (κ1) is 16.7. The quantitative estimate of drug-likeness (QED) is 0.435. The molecule has 2 N–H and O–H groups in total. The first-order chi connectivity index (χ1) is 9.86. The number of carboxylic acid groups (broad SMARTS) is 1. The molecule has 0 heterocycles. The average molecular weight is 300 g/mol. The predicted octanol–water partition coefficient (Wildman–Crippen LogP) is 2.66. The fraction of sp³-hybridized carbons (Fsp3) is 0.462. The maximum absolute atomic E-state index is 13.7. The molecule has 0 saturated carbocycles. The summed E-state index contributed by atoms with van der Waals surface area (Å²) < 4.78 is 18.6. The van der Waals surface area contributed by atoms with E-state index in [2.05, 4.69) is 5.32 Å². The molecule has 0 aromatic heterocycles. The molecule has 0 radical (unpaired) electrons. The highest BCUT2D eigenvalue weighted by atomic mass is 19.1.